The SMILES string of the molecule is Cc1ccc(C(Br)C(=O)NNC(=O)OC(C)(C)C)cc1. The third kappa shape index (κ3) is 5.61. The monoisotopic (exact) mass is 342 g/mol. The zero-order valence-corrected chi connectivity index (χ0v) is 13.6. The second kappa shape index (κ2) is 6.74. The number of hydrazine groups is 1. The summed E-state index contributed by atoms with van der Waals surface area (Å²) in [5.41, 5.74) is 5.82. The summed E-state index contributed by atoms with van der Waals surface area (Å²) < 4.78 is 5.01. The van der Waals surface area contributed by atoms with Crippen LogP contribution in [0.25, 0.3) is 0 Å². The molecule has 6 heteroatoms. The van der Waals surface area contributed by atoms with E-state index in [1.165, 1.54) is 0 Å². The average molecular weight is 343 g/mol. The Morgan fingerprint density at radius 2 is 1.70 bits per heavy atom. The summed E-state index contributed by atoms with van der Waals surface area (Å²) in [6, 6.07) is 7.53. The zero-order valence-electron chi connectivity index (χ0n) is 12.0. The quantitative estimate of drug-likeness (QED) is 0.641. The van der Waals surface area contributed by atoms with E-state index in [0.29, 0.717) is 0 Å². The molecule has 0 spiro atoms. The van der Waals surface area contributed by atoms with Gasteiger partial charge in [0.25, 0.3) is 5.91 Å². The van der Waals surface area contributed by atoms with Crippen molar-refractivity contribution in [2.75, 3.05) is 0 Å². The first-order valence-corrected chi connectivity index (χ1v) is 7.10. The number of halogens is 1. The van der Waals surface area contributed by atoms with Gasteiger partial charge in [-0.25, -0.2) is 10.2 Å². The molecule has 0 saturated heterocycles. The van der Waals surface area contributed by atoms with Crippen molar-refractivity contribution in [1.82, 2.24) is 10.9 Å². The van der Waals surface area contributed by atoms with Crippen LogP contribution in [0, 0.1) is 6.92 Å². The number of carbonyl (C=O) groups is 2. The highest BCUT2D eigenvalue weighted by Crippen LogP contribution is 2.22. The Kier molecular flexibility index (Phi) is 5.56. The minimum Gasteiger partial charge on any atom is -0.443 e. The maximum absolute atomic E-state index is 11.9. The van der Waals surface area contributed by atoms with Gasteiger partial charge in [0.1, 0.15) is 10.4 Å². The van der Waals surface area contributed by atoms with Gasteiger partial charge in [-0.2, -0.15) is 0 Å². The van der Waals surface area contributed by atoms with Crippen LogP contribution in [0.3, 0.4) is 0 Å². The molecule has 0 saturated carbocycles. The maximum atomic E-state index is 11.9. The molecular weight excluding hydrogens is 324 g/mol. The lowest BCUT2D eigenvalue weighted by Gasteiger charge is -2.20. The van der Waals surface area contributed by atoms with Crippen LogP contribution in [0.1, 0.15) is 36.7 Å². The minimum absolute atomic E-state index is 0.375. The van der Waals surface area contributed by atoms with Crippen molar-refractivity contribution < 1.29 is 14.3 Å². The zero-order chi connectivity index (χ0) is 15.3. The molecule has 1 rings (SSSR count). The fourth-order valence-electron chi connectivity index (χ4n) is 1.37. The predicted octanol–water partition coefficient (Wildman–Crippen LogP) is 2.99. The molecular formula is C14H19BrN2O3. The molecule has 1 aromatic carbocycles. The summed E-state index contributed by atoms with van der Waals surface area (Å²) in [6.07, 6.45) is -0.700. The molecule has 0 aliphatic carbocycles. The van der Waals surface area contributed by atoms with Gasteiger partial charge in [0.2, 0.25) is 0 Å². The Hall–Kier alpha value is -1.56. The highest BCUT2D eigenvalue weighted by molar-refractivity contribution is 9.09. The smallest absolute Gasteiger partial charge is 0.426 e. The van der Waals surface area contributed by atoms with E-state index in [4.69, 9.17) is 4.74 Å². The molecule has 1 aromatic rings. The van der Waals surface area contributed by atoms with Crippen molar-refractivity contribution in [3.05, 3.63) is 35.4 Å². The van der Waals surface area contributed by atoms with Gasteiger partial charge in [0.15, 0.2) is 0 Å². The van der Waals surface area contributed by atoms with Gasteiger partial charge in [0.05, 0.1) is 0 Å². The molecule has 0 heterocycles. The molecule has 110 valence electrons. The summed E-state index contributed by atoms with van der Waals surface area (Å²) in [5.74, 6) is -0.375. The Morgan fingerprint density at radius 1 is 1.15 bits per heavy atom. The first kappa shape index (κ1) is 16.5. The van der Waals surface area contributed by atoms with E-state index in [0.717, 1.165) is 11.1 Å². The molecule has 2 amide bonds. The lowest BCUT2D eigenvalue weighted by atomic mass is 10.1. The van der Waals surface area contributed by atoms with E-state index in [-0.39, 0.29) is 5.91 Å². The predicted molar refractivity (Wildman–Crippen MR) is 80.4 cm³/mol. The van der Waals surface area contributed by atoms with Crippen LogP contribution in [0.2, 0.25) is 0 Å². The average Bonchev–Trinajstić information content (AvgIpc) is 2.34. The number of aryl methyl sites for hydroxylation is 1. The minimum atomic E-state index is -0.700. The van der Waals surface area contributed by atoms with Gasteiger partial charge in [-0.05, 0) is 33.3 Å². The van der Waals surface area contributed by atoms with Crippen molar-refractivity contribution >= 4 is 27.9 Å². The van der Waals surface area contributed by atoms with Crippen molar-refractivity contribution in [1.29, 1.82) is 0 Å². The Bertz CT molecular complexity index is 480. The molecule has 20 heavy (non-hydrogen) atoms. The van der Waals surface area contributed by atoms with Crippen molar-refractivity contribution in [3.63, 3.8) is 0 Å². The van der Waals surface area contributed by atoms with Crippen LogP contribution in [0.4, 0.5) is 4.79 Å². The number of hydrogen-bond acceptors (Lipinski definition) is 3. The van der Waals surface area contributed by atoms with Gasteiger partial charge in [-0.15, -0.1) is 0 Å². The van der Waals surface area contributed by atoms with E-state index >= 15 is 0 Å². The van der Waals surface area contributed by atoms with Crippen molar-refractivity contribution in [2.45, 2.75) is 38.1 Å². The maximum Gasteiger partial charge on any atom is 0.426 e. The molecule has 1 unspecified atom stereocenters. The topological polar surface area (TPSA) is 67.4 Å². The molecule has 0 aliphatic heterocycles. The molecule has 0 aliphatic rings. The third-order valence-electron chi connectivity index (χ3n) is 2.29. The third-order valence-corrected chi connectivity index (χ3v) is 3.23. The summed E-state index contributed by atoms with van der Waals surface area (Å²) in [7, 11) is 0. The Balaban J connectivity index is 2.50. The highest BCUT2D eigenvalue weighted by Gasteiger charge is 2.20. The van der Waals surface area contributed by atoms with Crippen LogP contribution in [-0.2, 0) is 9.53 Å². The molecule has 1 atom stereocenters. The lowest BCUT2D eigenvalue weighted by molar-refractivity contribution is -0.121. The fraction of sp³-hybridized carbons (Fsp3) is 0.429. The summed E-state index contributed by atoms with van der Waals surface area (Å²) >= 11 is 3.28. The van der Waals surface area contributed by atoms with E-state index in [9.17, 15) is 9.59 Å². The van der Waals surface area contributed by atoms with Crippen LogP contribution >= 0.6 is 15.9 Å². The first-order valence-electron chi connectivity index (χ1n) is 6.18. The van der Waals surface area contributed by atoms with Gasteiger partial charge in [-0.3, -0.25) is 10.2 Å². The van der Waals surface area contributed by atoms with Crippen LogP contribution in [0.15, 0.2) is 24.3 Å². The summed E-state index contributed by atoms with van der Waals surface area (Å²) in [5, 5.41) is 0. The molecule has 0 fully saturated rings. The van der Waals surface area contributed by atoms with E-state index in [2.05, 4.69) is 26.8 Å². The fourth-order valence-corrected chi connectivity index (χ4v) is 1.79. The second-order valence-corrected chi connectivity index (χ2v) is 6.31. The number of hydrogen-bond donors (Lipinski definition) is 2. The van der Waals surface area contributed by atoms with Gasteiger partial charge < -0.3 is 4.74 Å². The van der Waals surface area contributed by atoms with E-state index in [1.807, 2.05) is 31.2 Å². The lowest BCUT2D eigenvalue weighted by Crippen LogP contribution is -2.45. The summed E-state index contributed by atoms with van der Waals surface area (Å²) in [6.45, 7) is 7.20. The van der Waals surface area contributed by atoms with Crippen LogP contribution in [-0.4, -0.2) is 17.6 Å². The number of benzene rings is 1. The Labute approximate surface area is 127 Å². The number of rotatable bonds is 2. The summed E-state index contributed by atoms with van der Waals surface area (Å²) in [4.78, 5) is 22.7. The normalized spacial score (nSPS) is 12.4. The molecule has 2 N–H and O–H groups in total. The molecule has 0 bridgehead atoms. The first-order chi connectivity index (χ1) is 9.19. The largest absolute Gasteiger partial charge is 0.443 e. The van der Waals surface area contributed by atoms with Crippen molar-refractivity contribution in [2.24, 2.45) is 0 Å². The van der Waals surface area contributed by atoms with Gasteiger partial charge in [0, 0.05) is 0 Å². The Morgan fingerprint density at radius 3 is 2.20 bits per heavy atom. The van der Waals surface area contributed by atoms with Gasteiger partial charge in [-0.1, -0.05) is 45.8 Å². The molecule has 0 aromatic heterocycles. The molecule has 5 nitrogen and oxygen atoms in total. The number of alkyl halides is 1. The van der Waals surface area contributed by atoms with Crippen LogP contribution in [0.5, 0.6) is 0 Å². The van der Waals surface area contributed by atoms with Crippen LogP contribution < -0.4 is 10.9 Å². The highest BCUT2D eigenvalue weighted by atomic mass is 79.9. The van der Waals surface area contributed by atoms with Gasteiger partial charge >= 0.3 is 6.09 Å². The second-order valence-electron chi connectivity index (χ2n) is 5.39. The number of ether oxygens (including phenoxy) is 1. The van der Waals surface area contributed by atoms with E-state index in [1.54, 1.807) is 20.8 Å². The standard InChI is InChI=1S/C14H19BrN2O3/c1-9-5-7-10(8-6-9)11(15)12(18)16-17-13(19)20-14(2,3)4/h5-8,11H,1-4H3,(H,16,18)(H,17,19). The number of amides is 2. The number of carbonyl (C=O) groups excluding carboxylic acids is 2. The van der Waals surface area contributed by atoms with Crippen molar-refractivity contribution in [3.8, 4) is 0 Å². The molecule has 0 radical (unpaired) electrons. The number of nitrogens with one attached hydrogen (secondary N) is 2. The van der Waals surface area contributed by atoms with E-state index < -0.39 is 16.5 Å².